The lowest BCUT2D eigenvalue weighted by Crippen LogP contribution is -2.32. The molecule has 1 heterocycles. The maximum Gasteiger partial charge on any atom is 0.145 e. The van der Waals surface area contributed by atoms with Gasteiger partial charge in [-0.05, 0) is 43.1 Å². The number of hydrogen-bond donors (Lipinski definition) is 1. The second-order valence-corrected chi connectivity index (χ2v) is 6.76. The third-order valence-electron chi connectivity index (χ3n) is 3.89. The first kappa shape index (κ1) is 14.4. The molecule has 108 valence electrons. The molecule has 1 aliphatic carbocycles. The number of nitrogen functional groups attached to an aromatic ring is 1. The van der Waals surface area contributed by atoms with Crippen LogP contribution in [0.15, 0.2) is 12.3 Å². The van der Waals surface area contributed by atoms with Crippen LogP contribution in [0, 0.1) is 11.3 Å². The van der Waals surface area contributed by atoms with E-state index in [0.29, 0.717) is 17.3 Å². The fraction of sp³-hybridized carbons (Fsp3) is 0.800. The Morgan fingerprint density at radius 3 is 2.89 bits per heavy atom. The van der Waals surface area contributed by atoms with E-state index < -0.39 is 0 Å². The molecular weight excluding hydrogens is 238 g/mol. The van der Waals surface area contributed by atoms with Crippen LogP contribution in [0.2, 0.25) is 0 Å². The molecule has 2 rings (SSSR count). The van der Waals surface area contributed by atoms with Gasteiger partial charge in [0.25, 0.3) is 0 Å². The second-order valence-electron chi connectivity index (χ2n) is 6.76. The van der Waals surface area contributed by atoms with Crippen LogP contribution in [-0.4, -0.2) is 22.5 Å². The summed E-state index contributed by atoms with van der Waals surface area (Å²) in [7, 11) is 0. The number of rotatable bonds is 5. The Bertz CT molecular complexity index is 400. The first-order valence-corrected chi connectivity index (χ1v) is 7.35. The Balaban J connectivity index is 1.68. The summed E-state index contributed by atoms with van der Waals surface area (Å²) in [6.07, 6.45) is 7.05. The van der Waals surface area contributed by atoms with Gasteiger partial charge in [0.1, 0.15) is 5.82 Å². The molecule has 1 aromatic rings. The van der Waals surface area contributed by atoms with Gasteiger partial charge in [-0.2, -0.15) is 5.10 Å². The number of anilines is 1. The molecule has 1 aromatic heterocycles. The van der Waals surface area contributed by atoms with Gasteiger partial charge < -0.3 is 10.5 Å². The van der Waals surface area contributed by atoms with Gasteiger partial charge in [0.2, 0.25) is 0 Å². The molecule has 2 unspecified atom stereocenters. The molecule has 1 saturated carbocycles. The number of ether oxygens (including phenoxy) is 1. The SMILES string of the molecule is CC1CC(OCCCn2ccc(N)n2)CC(C)(C)C1. The van der Waals surface area contributed by atoms with Crippen molar-refractivity contribution < 1.29 is 4.74 Å². The van der Waals surface area contributed by atoms with E-state index >= 15 is 0 Å². The largest absolute Gasteiger partial charge is 0.382 e. The number of nitrogens with zero attached hydrogens (tertiary/aromatic N) is 2. The fourth-order valence-electron chi connectivity index (χ4n) is 3.36. The van der Waals surface area contributed by atoms with Crippen molar-refractivity contribution >= 4 is 5.82 Å². The lowest BCUT2D eigenvalue weighted by Gasteiger charge is -2.38. The number of nitrogens with two attached hydrogens (primary N) is 1. The Labute approximate surface area is 116 Å². The van der Waals surface area contributed by atoms with E-state index in [1.54, 1.807) is 0 Å². The first-order valence-electron chi connectivity index (χ1n) is 7.35. The normalized spacial score (nSPS) is 26.5. The first-order chi connectivity index (χ1) is 8.94. The van der Waals surface area contributed by atoms with Gasteiger partial charge in [0.05, 0.1) is 6.10 Å². The summed E-state index contributed by atoms with van der Waals surface area (Å²) in [5, 5.41) is 4.17. The van der Waals surface area contributed by atoms with Crippen molar-refractivity contribution in [3.05, 3.63) is 12.3 Å². The minimum atomic E-state index is 0.429. The van der Waals surface area contributed by atoms with Crippen LogP contribution in [-0.2, 0) is 11.3 Å². The molecule has 0 bridgehead atoms. The molecule has 0 spiro atoms. The highest BCUT2D eigenvalue weighted by atomic mass is 16.5. The maximum atomic E-state index is 6.05. The van der Waals surface area contributed by atoms with Crippen LogP contribution in [0.3, 0.4) is 0 Å². The lowest BCUT2D eigenvalue weighted by atomic mass is 9.71. The maximum absolute atomic E-state index is 6.05. The third kappa shape index (κ3) is 4.53. The van der Waals surface area contributed by atoms with Gasteiger partial charge in [-0.3, -0.25) is 4.68 Å². The quantitative estimate of drug-likeness (QED) is 0.832. The van der Waals surface area contributed by atoms with Crippen LogP contribution in [0.5, 0.6) is 0 Å². The van der Waals surface area contributed by atoms with Crippen LogP contribution >= 0.6 is 0 Å². The zero-order valence-corrected chi connectivity index (χ0v) is 12.4. The smallest absolute Gasteiger partial charge is 0.145 e. The van der Waals surface area contributed by atoms with Crippen molar-refractivity contribution in [2.24, 2.45) is 11.3 Å². The van der Waals surface area contributed by atoms with E-state index in [9.17, 15) is 0 Å². The van der Waals surface area contributed by atoms with Crippen molar-refractivity contribution in [2.45, 2.75) is 59.1 Å². The minimum Gasteiger partial charge on any atom is -0.382 e. The average Bonchev–Trinajstić information content (AvgIpc) is 2.68. The van der Waals surface area contributed by atoms with Gasteiger partial charge >= 0.3 is 0 Å². The molecule has 2 atom stereocenters. The van der Waals surface area contributed by atoms with Crippen molar-refractivity contribution in [1.29, 1.82) is 0 Å². The zero-order valence-electron chi connectivity index (χ0n) is 12.4. The summed E-state index contributed by atoms with van der Waals surface area (Å²) in [6.45, 7) is 8.73. The van der Waals surface area contributed by atoms with E-state index in [-0.39, 0.29) is 0 Å². The molecule has 4 heteroatoms. The minimum absolute atomic E-state index is 0.429. The number of hydrogen-bond acceptors (Lipinski definition) is 3. The van der Waals surface area contributed by atoms with Gasteiger partial charge in [0.15, 0.2) is 0 Å². The molecular formula is C15H27N3O. The summed E-state index contributed by atoms with van der Waals surface area (Å²) in [4.78, 5) is 0. The number of aryl methyl sites for hydroxylation is 1. The van der Waals surface area contributed by atoms with Crippen LogP contribution in [0.25, 0.3) is 0 Å². The second kappa shape index (κ2) is 5.95. The Morgan fingerprint density at radius 1 is 1.47 bits per heavy atom. The molecule has 0 saturated heterocycles. The topological polar surface area (TPSA) is 53.1 Å². The Kier molecular flexibility index (Phi) is 4.50. The summed E-state index contributed by atoms with van der Waals surface area (Å²) in [5.74, 6) is 1.36. The molecule has 1 aliphatic rings. The van der Waals surface area contributed by atoms with E-state index in [4.69, 9.17) is 10.5 Å². The molecule has 0 aromatic carbocycles. The van der Waals surface area contributed by atoms with Crippen molar-refractivity contribution in [3.8, 4) is 0 Å². The summed E-state index contributed by atoms with van der Waals surface area (Å²) < 4.78 is 7.93. The van der Waals surface area contributed by atoms with Crippen molar-refractivity contribution in [1.82, 2.24) is 9.78 Å². The van der Waals surface area contributed by atoms with Gasteiger partial charge in [-0.15, -0.1) is 0 Å². The summed E-state index contributed by atoms with van der Waals surface area (Å²) >= 11 is 0. The Hall–Kier alpha value is -1.03. The van der Waals surface area contributed by atoms with Crippen LogP contribution in [0.4, 0.5) is 5.82 Å². The fourth-order valence-corrected chi connectivity index (χ4v) is 3.36. The highest BCUT2D eigenvalue weighted by Crippen LogP contribution is 2.39. The third-order valence-corrected chi connectivity index (χ3v) is 3.89. The van der Waals surface area contributed by atoms with Gasteiger partial charge in [0, 0.05) is 19.3 Å². The standard InChI is InChI=1S/C15H27N3O/c1-12-9-13(11-15(2,3)10-12)19-8-4-6-18-7-5-14(16)17-18/h5,7,12-13H,4,6,8-11H2,1-3H3,(H2,16,17). The van der Waals surface area contributed by atoms with E-state index in [0.717, 1.165) is 25.5 Å². The monoisotopic (exact) mass is 265 g/mol. The predicted octanol–water partition coefficient (Wildman–Crippen LogP) is 3.09. The van der Waals surface area contributed by atoms with E-state index in [2.05, 4.69) is 25.9 Å². The Morgan fingerprint density at radius 2 is 2.26 bits per heavy atom. The highest BCUT2D eigenvalue weighted by molar-refractivity contribution is 5.23. The van der Waals surface area contributed by atoms with E-state index in [1.807, 2.05) is 16.9 Å². The zero-order chi connectivity index (χ0) is 13.9. The van der Waals surface area contributed by atoms with Crippen molar-refractivity contribution in [2.75, 3.05) is 12.3 Å². The average molecular weight is 265 g/mol. The summed E-state index contributed by atoms with van der Waals surface area (Å²) in [5.41, 5.74) is 6.01. The molecule has 2 N–H and O–H groups in total. The van der Waals surface area contributed by atoms with Crippen LogP contribution < -0.4 is 5.73 Å². The van der Waals surface area contributed by atoms with Gasteiger partial charge in [-0.1, -0.05) is 20.8 Å². The summed E-state index contributed by atoms with van der Waals surface area (Å²) in [6, 6.07) is 1.83. The highest BCUT2D eigenvalue weighted by Gasteiger charge is 2.32. The molecule has 0 aliphatic heterocycles. The van der Waals surface area contributed by atoms with Crippen LogP contribution in [0.1, 0.15) is 46.5 Å². The molecule has 4 nitrogen and oxygen atoms in total. The molecule has 0 radical (unpaired) electrons. The number of aromatic nitrogens is 2. The van der Waals surface area contributed by atoms with Crippen molar-refractivity contribution in [3.63, 3.8) is 0 Å². The molecule has 19 heavy (non-hydrogen) atoms. The van der Waals surface area contributed by atoms with E-state index in [1.165, 1.54) is 19.3 Å². The molecule has 0 amide bonds. The predicted molar refractivity (Wildman–Crippen MR) is 77.8 cm³/mol. The molecule has 1 fully saturated rings. The lowest BCUT2D eigenvalue weighted by molar-refractivity contribution is -0.0245. The van der Waals surface area contributed by atoms with Gasteiger partial charge in [-0.25, -0.2) is 0 Å².